The summed E-state index contributed by atoms with van der Waals surface area (Å²) < 4.78 is 4.93. The summed E-state index contributed by atoms with van der Waals surface area (Å²) in [7, 11) is 1.61. The van der Waals surface area contributed by atoms with Crippen LogP contribution < -0.4 is 4.90 Å². The van der Waals surface area contributed by atoms with Gasteiger partial charge < -0.3 is 14.5 Å². The molecule has 1 aromatic heterocycles. The highest BCUT2D eigenvalue weighted by molar-refractivity contribution is 6.33. The minimum absolute atomic E-state index is 0.155. The molecular weight excluding hydrogens is 266 g/mol. The predicted octanol–water partition coefficient (Wildman–Crippen LogP) is 1.42. The standard InChI is InChI=1S/C13H18ClN3O2/c1-19-9-3-13(18)17-7-5-16(6-8-17)12-2-4-15-10-11(12)14/h2,4,10H,3,5-9H2,1H3. The topological polar surface area (TPSA) is 45.7 Å². The second kappa shape index (κ2) is 6.73. The number of aromatic nitrogens is 1. The Labute approximate surface area is 118 Å². The largest absolute Gasteiger partial charge is 0.384 e. The first kappa shape index (κ1) is 14.1. The van der Waals surface area contributed by atoms with E-state index in [-0.39, 0.29) is 5.91 Å². The van der Waals surface area contributed by atoms with Gasteiger partial charge in [-0.2, -0.15) is 0 Å². The van der Waals surface area contributed by atoms with Gasteiger partial charge in [0.2, 0.25) is 5.91 Å². The molecule has 19 heavy (non-hydrogen) atoms. The number of amides is 1. The van der Waals surface area contributed by atoms with Crippen LogP contribution >= 0.6 is 11.6 Å². The third-order valence-electron chi connectivity index (χ3n) is 3.24. The van der Waals surface area contributed by atoms with Gasteiger partial charge in [-0.15, -0.1) is 0 Å². The van der Waals surface area contributed by atoms with E-state index >= 15 is 0 Å². The van der Waals surface area contributed by atoms with Gasteiger partial charge in [-0.1, -0.05) is 11.6 Å². The number of piperazine rings is 1. The Bertz CT molecular complexity index is 434. The molecule has 0 bridgehead atoms. The van der Waals surface area contributed by atoms with E-state index in [1.807, 2.05) is 11.0 Å². The zero-order valence-corrected chi connectivity index (χ0v) is 11.8. The van der Waals surface area contributed by atoms with Crippen LogP contribution in [-0.2, 0) is 9.53 Å². The van der Waals surface area contributed by atoms with Gasteiger partial charge in [0.15, 0.2) is 0 Å². The monoisotopic (exact) mass is 283 g/mol. The van der Waals surface area contributed by atoms with Gasteiger partial charge in [0.1, 0.15) is 0 Å². The van der Waals surface area contributed by atoms with Crippen molar-refractivity contribution in [1.29, 1.82) is 0 Å². The van der Waals surface area contributed by atoms with Crippen molar-refractivity contribution >= 4 is 23.2 Å². The Morgan fingerprint density at radius 2 is 2.16 bits per heavy atom. The van der Waals surface area contributed by atoms with Crippen LogP contribution in [0.15, 0.2) is 18.5 Å². The van der Waals surface area contributed by atoms with E-state index in [1.54, 1.807) is 19.5 Å². The quantitative estimate of drug-likeness (QED) is 0.838. The molecule has 2 heterocycles. The summed E-state index contributed by atoms with van der Waals surface area (Å²) in [6.07, 6.45) is 3.83. The Hall–Kier alpha value is -1.33. The average molecular weight is 284 g/mol. The summed E-state index contributed by atoms with van der Waals surface area (Å²) in [5.74, 6) is 0.155. The summed E-state index contributed by atoms with van der Waals surface area (Å²) in [4.78, 5) is 19.9. The molecule has 1 aliphatic heterocycles. The Balaban J connectivity index is 1.89. The minimum Gasteiger partial charge on any atom is -0.384 e. The lowest BCUT2D eigenvalue weighted by Crippen LogP contribution is -2.49. The number of ether oxygens (including phenoxy) is 1. The van der Waals surface area contributed by atoms with Gasteiger partial charge in [-0.3, -0.25) is 9.78 Å². The molecule has 1 fully saturated rings. The zero-order chi connectivity index (χ0) is 13.7. The molecule has 2 rings (SSSR count). The summed E-state index contributed by atoms with van der Waals surface area (Å²) in [5.41, 5.74) is 0.987. The van der Waals surface area contributed by atoms with Crippen molar-refractivity contribution in [2.45, 2.75) is 6.42 Å². The molecule has 1 amide bonds. The van der Waals surface area contributed by atoms with Gasteiger partial charge >= 0.3 is 0 Å². The maximum atomic E-state index is 11.9. The lowest BCUT2D eigenvalue weighted by Gasteiger charge is -2.36. The number of pyridine rings is 1. The first-order valence-corrected chi connectivity index (χ1v) is 6.71. The van der Waals surface area contributed by atoms with Crippen LogP contribution in [0.4, 0.5) is 5.69 Å². The Morgan fingerprint density at radius 1 is 1.42 bits per heavy atom. The maximum absolute atomic E-state index is 11.9. The van der Waals surface area contributed by atoms with Crippen molar-refractivity contribution < 1.29 is 9.53 Å². The van der Waals surface area contributed by atoms with Crippen LogP contribution in [-0.4, -0.2) is 55.7 Å². The molecule has 0 saturated carbocycles. The number of methoxy groups -OCH3 is 1. The van der Waals surface area contributed by atoms with Crippen LogP contribution in [0.25, 0.3) is 0 Å². The van der Waals surface area contributed by atoms with Gasteiger partial charge in [-0.05, 0) is 6.07 Å². The number of carbonyl (C=O) groups is 1. The van der Waals surface area contributed by atoms with Gasteiger partial charge in [0.25, 0.3) is 0 Å². The highest BCUT2D eigenvalue weighted by atomic mass is 35.5. The number of halogens is 1. The molecule has 0 atom stereocenters. The first-order valence-electron chi connectivity index (χ1n) is 6.33. The normalized spacial score (nSPS) is 15.7. The van der Waals surface area contributed by atoms with Crippen molar-refractivity contribution in [2.75, 3.05) is 44.8 Å². The summed E-state index contributed by atoms with van der Waals surface area (Å²) in [6.45, 7) is 3.52. The predicted molar refractivity (Wildman–Crippen MR) is 74.5 cm³/mol. The molecule has 0 N–H and O–H groups in total. The van der Waals surface area contributed by atoms with E-state index in [9.17, 15) is 4.79 Å². The molecule has 104 valence electrons. The number of anilines is 1. The van der Waals surface area contributed by atoms with E-state index in [4.69, 9.17) is 16.3 Å². The molecule has 0 spiro atoms. The summed E-state index contributed by atoms with van der Waals surface area (Å²) >= 11 is 6.12. The summed E-state index contributed by atoms with van der Waals surface area (Å²) in [6, 6.07) is 1.91. The van der Waals surface area contributed by atoms with Crippen molar-refractivity contribution in [3.63, 3.8) is 0 Å². The van der Waals surface area contributed by atoms with E-state index in [2.05, 4.69) is 9.88 Å². The molecule has 6 heteroatoms. The molecule has 0 aliphatic carbocycles. The fraction of sp³-hybridized carbons (Fsp3) is 0.538. The highest BCUT2D eigenvalue weighted by Crippen LogP contribution is 2.25. The smallest absolute Gasteiger partial charge is 0.225 e. The zero-order valence-electron chi connectivity index (χ0n) is 11.0. The second-order valence-corrected chi connectivity index (χ2v) is 4.84. The number of hydrogen-bond donors (Lipinski definition) is 0. The van der Waals surface area contributed by atoms with Gasteiger partial charge in [0.05, 0.1) is 23.7 Å². The Morgan fingerprint density at radius 3 is 2.79 bits per heavy atom. The molecular formula is C13H18ClN3O2. The van der Waals surface area contributed by atoms with Crippen molar-refractivity contribution in [2.24, 2.45) is 0 Å². The van der Waals surface area contributed by atoms with Crippen LogP contribution in [0, 0.1) is 0 Å². The lowest BCUT2D eigenvalue weighted by atomic mass is 10.2. The third kappa shape index (κ3) is 3.58. The molecule has 1 aliphatic rings. The van der Waals surface area contributed by atoms with E-state index < -0.39 is 0 Å². The number of hydrogen-bond acceptors (Lipinski definition) is 4. The van der Waals surface area contributed by atoms with Crippen molar-refractivity contribution in [3.05, 3.63) is 23.5 Å². The first-order chi connectivity index (χ1) is 9.22. The Kier molecular flexibility index (Phi) is 4.99. The van der Waals surface area contributed by atoms with Crippen LogP contribution in [0.3, 0.4) is 0 Å². The molecule has 1 saturated heterocycles. The fourth-order valence-electron chi connectivity index (χ4n) is 2.17. The minimum atomic E-state index is 0.155. The molecule has 1 aromatic rings. The van der Waals surface area contributed by atoms with Crippen LogP contribution in [0.2, 0.25) is 5.02 Å². The average Bonchev–Trinajstić information content (AvgIpc) is 2.45. The molecule has 0 unspecified atom stereocenters. The van der Waals surface area contributed by atoms with E-state index in [0.29, 0.717) is 18.1 Å². The highest BCUT2D eigenvalue weighted by Gasteiger charge is 2.21. The van der Waals surface area contributed by atoms with Gasteiger partial charge in [0, 0.05) is 45.7 Å². The number of carbonyl (C=O) groups excluding carboxylic acids is 1. The van der Waals surface area contributed by atoms with Gasteiger partial charge in [-0.25, -0.2) is 0 Å². The van der Waals surface area contributed by atoms with Crippen molar-refractivity contribution in [1.82, 2.24) is 9.88 Å². The SMILES string of the molecule is COCCC(=O)N1CCN(c2ccncc2Cl)CC1. The second-order valence-electron chi connectivity index (χ2n) is 4.44. The van der Waals surface area contributed by atoms with E-state index in [1.165, 1.54) is 0 Å². The summed E-state index contributed by atoms with van der Waals surface area (Å²) in [5, 5.41) is 0.654. The van der Waals surface area contributed by atoms with Crippen molar-refractivity contribution in [3.8, 4) is 0 Å². The molecule has 5 nitrogen and oxygen atoms in total. The number of rotatable bonds is 4. The molecule has 0 radical (unpaired) electrons. The van der Waals surface area contributed by atoms with Crippen LogP contribution in [0.5, 0.6) is 0 Å². The maximum Gasteiger partial charge on any atom is 0.225 e. The molecule has 0 aromatic carbocycles. The lowest BCUT2D eigenvalue weighted by molar-refractivity contribution is -0.132. The third-order valence-corrected chi connectivity index (χ3v) is 3.54. The fourth-order valence-corrected chi connectivity index (χ4v) is 2.41. The number of nitrogens with zero attached hydrogens (tertiary/aromatic N) is 3. The van der Waals surface area contributed by atoms with Crippen LogP contribution in [0.1, 0.15) is 6.42 Å². The van der Waals surface area contributed by atoms with E-state index in [0.717, 1.165) is 31.9 Å².